The van der Waals surface area contributed by atoms with Gasteiger partial charge in [0.05, 0.1) is 12.6 Å². The molecule has 4 nitrogen and oxygen atoms in total. The fraction of sp³-hybridized carbons (Fsp3) is 0.909. The highest BCUT2D eigenvalue weighted by Crippen LogP contribution is 2.26. The molecule has 1 saturated heterocycles. The minimum atomic E-state index is -1.75. The van der Waals surface area contributed by atoms with Crippen LogP contribution in [0.1, 0.15) is 34.1 Å². The van der Waals surface area contributed by atoms with Gasteiger partial charge in [-0.1, -0.05) is 0 Å². The Bertz CT molecular complexity index is 273. The van der Waals surface area contributed by atoms with Gasteiger partial charge in [-0.05, 0) is 34.1 Å². The van der Waals surface area contributed by atoms with Crippen LogP contribution in [0.4, 0.5) is 9.18 Å². The quantitative estimate of drug-likeness (QED) is 0.693. The van der Waals surface area contributed by atoms with Crippen LogP contribution in [0.25, 0.3) is 0 Å². The highest BCUT2D eigenvalue weighted by molar-refractivity contribution is 5.68. The number of carbonyl (C=O) groups excluding carboxylic acids is 1. The summed E-state index contributed by atoms with van der Waals surface area (Å²) in [6.07, 6.45) is -1.29. The molecule has 0 aromatic heterocycles. The van der Waals surface area contributed by atoms with Crippen LogP contribution in [0, 0.1) is 0 Å². The monoisotopic (exact) mass is 233 g/mol. The van der Waals surface area contributed by atoms with Crippen LogP contribution in [0.5, 0.6) is 0 Å². The van der Waals surface area contributed by atoms with E-state index in [0.717, 1.165) is 0 Å². The minimum absolute atomic E-state index is 0.122. The fourth-order valence-electron chi connectivity index (χ4n) is 1.62. The number of amides is 1. The maximum atomic E-state index is 13.8. The third-order valence-corrected chi connectivity index (χ3v) is 2.52. The van der Waals surface area contributed by atoms with E-state index in [1.165, 1.54) is 11.8 Å². The number of nitrogens with zero attached hydrogens (tertiary/aromatic N) is 1. The van der Waals surface area contributed by atoms with E-state index in [2.05, 4.69) is 0 Å². The van der Waals surface area contributed by atoms with E-state index in [4.69, 9.17) is 4.74 Å². The number of aliphatic hydroxyl groups excluding tert-OH is 1. The molecule has 94 valence electrons. The summed E-state index contributed by atoms with van der Waals surface area (Å²) >= 11 is 0. The summed E-state index contributed by atoms with van der Waals surface area (Å²) in [6, 6.07) is 0. The van der Waals surface area contributed by atoms with Crippen molar-refractivity contribution >= 4 is 6.09 Å². The van der Waals surface area contributed by atoms with Gasteiger partial charge in [-0.15, -0.1) is 0 Å². The van der Waals surface area contributed by atoms with Crippen molar-refractivity contribution in [3.63, 3.8) is 0 Å². The van der Waals surface area contributed by atoms with Crippen molar-refractivity contribution in [2.45, 2.75) is 51.5 Å². The molecule has 1 amide bonds. The van der Waals surface area contributed by atoms with Crippen LogP contribution in [-0.4, -0.2) is 46.6 Å². The predicted molar refractivity (Wildman–Crippen MR) is 57.9 cm³/mol. The molecule has 0 aliphatic carbocycles. The Morgan fingerprint density at radius 2 is 2.12 bits per heavy atom. The first kappa shape index (κ1) is 13.2. The van der Waals surface area contributed by atoms with E-state index >= 15 is 0 Å². The highest BCUT2D eigenvalue weighted by atomic mass is 19.1. The molecule has 0 spiro atoms. The second-order valence-electron chi connectivity index (χ2n) is 5.48. The van der Waals surface area contributed by atoms with Crippen molar-refractivity contribution in [3.8, 4) is 0 Å². The summed E-state index contributed by atoms with van der Waals surface area (Å²) in [4.78, 5) is 13.0. The van der Waals surface area contributed by atoms with Crippen LogP contribution in [0.3, 0.4) is 0 Å². The molecule has 0 radical (unpaired) electrons. The van der Waals surface area contributed by atoms with Gasteiger partial charge >= 0.3 is 6.09 Å². The summed E-state index contributed by atoms with van der Waals surface area (Å²) in [5.74, 6) is 0. The number of hydrogen-bond donors (Lipinski definition) is 1. The maximum Gasteiger partial charge on any atom is 0.410 e. The molecule has 1 aliphatic rings. The Morgan fingerprint density at radius 3 is 2.56 bits per heavy atom. The second kappa shape index (κ2) is 4.20. The number of likely N-dealkylation sites (tertiary alicyclic amines) is 1. The zero-order valence-electron chi connectivity index (χ0n) is 10.3. The van der Waals surface area contributed by atoms with Gasteiger partial charge in [-0.2, -0.15) is 0 Å². The molecule has 0 aromatic rings. The van der Waals surface area contributed by atoms with Crippen molar-refractivity contribution in [3.05, 3.63) is 0 Å². The first-order chi connectivity index (χ1) is 7.12. The average Bonchev–Trinajstić information content (AvgIpc) is 2.06. The summed E-state index contributed by atoms with van der Waals surface area (Å²) < 4.78 is 19.0. The zero-order valence-corrected chi connectivity index (χ0v) is 10.3. The molecule has 2 atom stereocenters. The molecule has 1 heterocycles. The Balaban J connectivity index is 2.60. The van der Waals surface area contributed by atoms with Gasteiger partial charge in [0.25, 0.3) is 0 Å². The average molecular weight is 233 g/mol. The van der Waals surface area contributed by atoms with E-state index in [-0.39, 0.29) is 13.0 Å². The molecule has 16 heavy (non-hydrogen) atoms. The SMILES string of the molecule is CC(C)(C)OC(=O)N1CCC(O)[C@](C)(F)C1. The fourth-order valence-corrected chi connectivity index (χ4v) is 1.62. The molecule has 0 saturated carbocycles. The summed E-state index contributed by atoms with van der Waals surface area (Å²) in [7, 11) is 0. The van der Waals surface area contributed by atoms with Crippen LogP contribution in [0.15, 0.2) is 0 Å². The van der Waals surface area contributed by atoms with Crippen molar-refractivity contribution in [1.82, 2.24) is 4.90 Å². The van der Waals surface area contributed by atoms with Gasteiger partial charge in [0.2, 0.25) is 0 Å². The number of ether oxygens (including phenoxy) is 1. The van der Waals surface area contributed by atoms with Gasteiger partial charge in [-0.25, -0.2) is 9.18 Å². The smallest absolute Gasteiger partial charge is 0.410 e. The van der Waals surface area contributed by atoms with Crippen LogP contribution in [-0.2, 0) is 4.74 Å². The van der Waals surface area contributed by atoms with Gasteiger partial charge in [0, 0.05) is 6.54 Å². The third-order valence-electron chi connectivity index (χ3n) is 2.52. The van der Waals surface area contributed by atoms with E-state index in [9.17, 15) is 14.3 Å². The molecular weight excluding hydrogens is 213 g/mol. The lowest BCUT2D eigenvalue weighted by Gasteiger charge is -2.39. The molecule has 1 rings (SSSR count). The predicted octanol–water partition coefficient (Wildman–Crippen LogP) is 1.72. The maximum absolute atomic E-state index is 13.8. The van der Waals surface area contributed by atoms with Crippen molar-refractivity contribution in [2.75, 3.05) is 13.1 Å². The van der Waals surface area contributed by atoms with Crippen molar-refractivity contribution < 1.29 is 19.0 Å². The Hall–Kier alpha value is -0.840. The molecule has 1 N–H and O–H groups in total. The third kappa shape index (κ3) is 3.33. The first-order valence-corrected chi connectivity index (χ1v) is 5.47. The number of piperidine rings is 1. The van der Waals surface area contributed by atoms with Gasteiger partial charge in [-0.3, -0.25) is 0 Å². The molecule has 5 heteroatoms. The Labute approximate surface area is 95.4 Å². The van der Waals surface area contributed by atoms with E-state index in [0.29, 0.717) is 6.54 Å². The summed E-state index contributed by atoms with van der Waals surface area (Å²) in [6.45, 7) is 6.79. The molecule has 1 aliphatic heterocycles. The van der Waals surface area contributed by atoms with Crippen molar-refractivity contribution in [1.29, 1.82) is 0 Å². The minimum Gasteiger partial charge on any atom is -0.444 e. The number of halogens is 1. The molecule has 0 bridgehead atoms. The number of aliphatic hydroxyl groups is 1. The number of rotatable bonds is 0. The van der Waals surface area contributed by atoms with Gasteiger partial charge in [0.1, 0.15) is 5.60 Å². The molecular formula is C11H20FNO3. The molecule has 1 unspecified atom stereocenters. The molecule has 0 aromatic carbocycles. The first-order valence-electron chi connectivity index (χ1n) is 5.47. The van der Waals surface area contributed by atoms with Crippen molar-refractivity contribution in [2.24, 2.45) is 0 Å². The normalized spacial score (nSPS) is 31.4. The summed E-state index contributed by atoms with van der Waals surface area (Å²) in [5.41, 5.74) is -2.34. The standard InChI is InChI=1S/C11H20FNO3/c1-10(2,3)16-9(15)13-6-5-8(14)11(4,12)7-13/h8,14H,5-7H2,1-4H3/t8?,11-/m1/s1. The van der Waals surface area contributed by atoms with Gasteiger partial charge in [0.15, 0.2) is 5.67 Å². The zero-order chi connectivity index (χ0) is 12.6. The van der Waals surface area contributed by atoms with E-state index < -0.39 is 23.5 Å². The Morgan fingerprint density at radius 1 is 1.56 bits per heavy atom. The van der Waals surface area contributed by atoms with E-state index in [1.54, 1.807) is 20.8 Å². The lowest BCUT2D eigenvalue weighted by Crippen LogP contribution is -2.54. The summed E-state index contributed by atoms with van der Waals surface area (Å²) in [5, 5.41) is 9.42. The largest absolute Gasteiger partial charge is 0.444 e. The van der Waals surface area contributed by atoms with Crippen LogP contribution >= 0.6 is 0 Å². The van der Waals surface area contributed by atoms with Gasteiger partial charge < -0.3 is 14.7 Å². The molecule has 1 fully saturated rings. The lowest BCUT2D eigenvalue weighted by molar-refractivity contribution is -0.0623. The second-order valence-corrected chi connectivity index (χ2v) is 5.48. The lowest BCUT2D eigenvalue weighted by atomic mass is 9.94. The van der Waals surface area contributed by atoms with Crippen LogP contribution < -0.4 is 0 Å². The van der Waals surface area contributed by atoms with Crippen LogP contribution in [0.2, 0.25) is 0 Å². The Kier molecular flexibility index (Phi) is 3.47. The number of alkyl halides is 1. The van der Waals surface area contributed by atoms with E-state index in [1.807, 2.05) is 0 Å². The topological polar surface area (TPSA) is 49.8 Å². The number of hydrogen-bond acceptors (Lipinski definition) is 3. The highest BCUT2D eigenvalue weighted by Gasteiger charge is 2.41. The number of carbonyl (C=O) groups is 1.